The van der Waals surface area contributed by atoms with Crippen LogP contribution in [0.5, 0.6) is 0 Å². The van der Waals surface area contributed by atoms with E-state index in [1.165, 1.54) is 18.4 Å². The van der Waals surface area contributed by atoms with Gasteiger partial charge in [-0.1, -0.05) is 11.6 Å². The summed E-state index contributed by atoms with van der Waals surface area (Å²) in [6, 6.07) is 0. The van der Waals surface area contributed by atoms with Crippen molar-refractivity contribution in [3.8, 4) is 0 Å². The average Bonchev–Trinajstić information content (AvgIpc) is 3.03. The highest BCUT2D eigenvalue weighted by Crippen LogP contribution is 2.39. The van der Waals surface area contributed by atoms with Crippen molar-refractivity contribution >= 4 is 39.8 Å². The van der Waals surface area contributed by atoms with Crippen molar-refractivity contribution in [2.45, 2.75) is 31.9 Å². The van der Waals surface area contributed by atoms with Crippen LogP contribution in [0.4, 0.5) is 18.2 Å². The fourth-order valence-electron chi connectivity index (χ4n) is 3.00. The number of halogens is 4. The topological polar surface area (TPSA) is 90.0 Å². The molecule has 0 spiro atoms. The van der Waals surface area contributed by atoms with Crippen LogP contribution in [0.2, 0.25) is 5.02 Å². The first kappa shape index (κ1) is 18.7. The van der Waals surface area contributed by atoms with E-state index in [-0.39, 0.29) is 10.6 Å². The molecular weight excluding hydrogens is 393 g/mol. The van der Waals surface area contributed by atoms with E-state index >= 15 is 0 Å². The highest BCUT2D eigenvalue weighted by atomic mass is 35.5. The van der Waals surface area contributed by atoms with Gasteiger partial charge in [0.05, 0.1) is 5.56 Å². The van der Waals surface area contributed by atoms with Gasteiger partial charge in [0.2, 0.25) is 0 Å². The Bertz CT molecular complexity index is 904. The van der Waals surface area contributed by atoms with Crippen LogP contribution >= 0.6 is 22.9 Å². The van der Waals surface area contributed by atoms with Gasteiger partial charge in [0.1, 0.15) is 15.7 Å². The van der Waals surface area contributed by atoms with E-state index in [9.17, 15) is 22.8 Å². The van der Waals surface area contributed by atoms with Crippen LogP contribution in [0, 0.1) is 0 Å². The van der Waals surface area contributed by atoms with Crippen LogP contribution in [-0.2, 0) is 26.1 Å². The molecule has 1 aliphatic rings. The van der Waals surface area contributed by atoms with E-state index in [2.05, 4.69) is 10.4 Å². The molecule has 2 aromatic heterocycles. The second-order valence-electron chi connectivity index (χ2n) is 5.87. The first-order valence-electron chi connectivity index (χ1n) is 7.66. The van der Waals surface area contributed by atoms with Crippen molar-refractivity contribution in [1.82, 2.24) is 9.78 Å². The molecule has 2 amide bonds. The molecule has 140 valence electrons. The number of nitrogens with one attached hydrogen (secondary N) is 1. The van der Waals surface area contributed by atoms with Gasteiger partial charge >= 0.3 is 6.18 Å². The highest BCUT2D eigenvalue weighted by molar-refractivity contribution is 7.17. The Morgan fingerprint density at radius 2 is 1.96 bits per heavy atom. The smallest absolute Gasteiger partial charge is 0.365 e. The second kappa shape index (κ2) is 6.58. The third-order valence-corrected chi connectivity index (χ3v) is 5.68. The van der Waals surface area contributed by atoms with E-state index in [0.717, 1.165) is 34.4 Å². The van der Waals surface area contributed by atoms with Crippen molar-refractivity contribution in [2.75, 3.05) is 5.32 Å². The van der Waals surface area contributed by atoms with Gasteiger partial charge in [-0.3, -0.25) is 14.3 Å². The molecule has 0 atom stereocenters. The van der Waals surface area contributed by atoms with Crippen molar-refractivity contribution in [1.29, 1.82) is 0 Å². The van der Waals surface area contributed by atoms with Crippen molar-refractivity contribution in [3.05, 3.63) is 32.4 Å². The van der Waals surface area contributed by atoms with Crippen LogP contribution in [0.25, 0.3) is 0 Å². The van der Waals surface area contributed by atoms with Gasteiger partial charge in [-0.15, -0.1) is 11.3 Å². The molecule has 1 aliphatic carbocycles. The maximum absolute atomic E-state index is 12.9. The molecule has 0 aliphatic heterocycles. The van der Waals surface area contributed by atoms with Gasteiger partial charge in [0.25, 0.3) is 11.8 Å². The second-order valence-corrected chi connectivity index (χ2v) is 7.35. The molecule has 0 bridgehead atoms. The number of amides is 2. The predicted octanol–water partition coefficient (Wildman–Crippen LogP) is 3.38. The van der Waals surface area contributed by atoms with Crippen molar-refractivity contribution in [3.63, 3.8) is 0 Å². The maximum Gasteiger partial charge on any atom is 0.436 e. The molecule has 26 heavy (non-hydrogen) atoms. The van der Waals surface area contributed by atoms with Crippen LogP contribution in [-0.4, -0.2) is 21.6 Å². The SMILES string of the molecule is Cn1nc(C(F)(F)F)c(Cl)c1C(=O)Nc1sc2c(c1C(N)=O)CCCC2. The lowest BCUT2D eigenvalue weighted by Gasteiger charge is -2.11. The standard InChI is InChI=1S/C15H14ClF3N4O2S/c1-23-10(9(16)11(22-23)15(17,18)19)13(25)21-14-8(12(20)24)6-4-2-3-5-7(6)26-14/h2-5H2,1H3,(H2,20,24)(H,21,25). The number of anilines is 1. The number of rotatable bonds is 3. The zero-order valence-electron chi connectivity index (χ0n) is 13.5. The van der Waals surface area contributed by atoms with Crippen LogP contribution in [0.15, 0.2) is 0 Å². The lowest BCUT2D eigenvalue weighted by Crippen LogP contribution is -2.20. The fraction of sp³-hybridized carbons (Fsp3) is 0.400. The molecule has 0 unspecified atom stereocenters. The molecule has 0 saturated carbocycles. The molecule has 0 radical (unpaired) electrons. The minimum absolute atomic E-state index is 0.215. The van der Waals surface area contributed by atoms with E-state index in [1.807, 2.05) is 0 Å². The molecule has 0 fully saturated rings. The van der Waals surface area contributed by atoms with Crippen LogP contribution in [0.3, 0.4) is 0 Å². The van der Waals surface area contributed by atoms with E-state index in [1.54, 1.807) is 0 Å². The Morgan fingerprint density at radius 3 is 2.54 bits per heavy atom. The maximum atomic E-state index is 12.9. The van der Waals surface area contributed by atoms with Gasteiger partial charge in [0.15, 0.2) is 5.69 Å². The quantitative estimate of drug-likeness (QED) is 0.818. The summed E-state index contributed by atoms with van der Waals surface area (Å²) in [6.45, 7) is 0. The van der Waals surface area contributed by atoms with Gasteiger partial charge in [-0.2, -0.15) is 18.3 Å². The number of carbonyl (C=O) groups excluding carboxylic acids is 2. The Kier molecular flexibility index (Phi) is 4.74. The monoisotopic (exact) mass is 406 g/mol. The number of hydrogen-bond donors (Lipinski definition) is 2. The van der Waals surface area contributed by atoms with E-state index < -0.39 is 34.4 Å². The molecule has 2 heterocycles. The van der Waals surface area contributed by atoms with Gasteiger partial charge in [-0.25, -0.2) is 0 Å². The van der Waals surface area contributed by atoms with Gasteiger partial charge < -0.3 is 11.1 Å². The van der Waals surface area contributed by atoms with Gasteiger partial charge in [-0.05, 0) is 31.2 Å². The molecule has 0 aromatic carbocycles. The van der Waals surface area contributed by atoms with Gasteiger partial charge in [0, 0.05) is 11.9 Å². The largest absolute Gasteiger partial charge is 0.436 e. The first-order valence-corrected chi connectivity index (χ1v) is 8.86. The molecule has 6 nitrogen and oxygen atoms in total. The Labute approximate surface area is 155 Å². The molecule has 3 N–H and O–H groups in total. The third-order valence-electron chi connectivity index (χ3n) is 4.12. The number of aromatic nitrogens is 2. The summed E-state index contributed by atoms with van der Waals surface area (Å²) in [7, 11) is 1.18. The summed E-state index contributed by atoms with van der Waals surface area (Å²) in [5.74, 6) is -1.58. The summed E-state index contributed by atoms with van der Waals surface area (Å²) >= 11 is 6.94. The number of hydrogen-bond acceptors (Lipinski definition) is 4. The number of carbonyl (C=O) groups is 2. The Balaban J connectivity index is 1.98. The minimum Gasteiger partial charge on any atom is -0.365 e. The number of fused-ring (bicyclic) bond motifs is 1. The summed E-state index contributed by atoms with van der Waals surface area (Å²) in [4.78, 5) is 25.3. The third kappa shape index (κ3) is 3.18. The van der Waals surface area contributed by atoms with Crippen LogP contribution < -0.4 is 11.1 Å². The van der Waals surface area contributed by atoms with Crippen molar-refractivity contribution < 1.29 is 22.8 Å². The normalized spacial score (nSPS) is 14.2. The molecular formula is C15H14ClF3N4O2S. The molecule has 3 rings (SSSR count). The highest BCUT2D eigenvalue weighted by Gasteiger charge is 2.40. The molecule has 11 heteroatoms. The summed E-state index contributed by atoms with van der Waals surface area (Å²) in [6.07, 6.45) is -1.49. The number of aryl methyl sites for hydroxylation is 2. The number of alkyl halides is 3. The summed E-state index contributed by atoms with van der Waals surface area (Å²) < 4.78 is 39.5. The lowest BCUT2D eigenvalue weighted by atomic mass is 9.95. The van der Waals surface area contributed by atoms with E-state index in [4.69, 9.17) is 17.3 Å². The number of thiophene rings is 1. The Hall–Kier alpha value is -2.07. The average molecular weight is 407 g/mol. The number of nitrogens with two attached hydrogens (primary N) is 1. The number of nitrogens with zero attached hydrogens (tertiary/aromatic N) is 2. The number of primary amides is 1. The summed E-state index contributed by atoms with van der Waals surface area (Å²) in [5.41, 5.74) is 4.68. The molecule has 2 aromatic rings. The lowest BCUT2D eigenvalue weighted by molar-refractivity contribution is -0.141. The zero-order valence-corrected chi connectivity index (χ0v) is 15.1. The Morgan fingerprint density at radius 1 is 1.31 bits per heavy atom. The van der Waals surface area contributed by atoms with Crippen LogP contribution in [0.1, 0.15) is 49.8 Å². The summed E-state index contributed by atoms with van der Waals surface area (Å²) in [5, 5.41) is 5.19. The fourth-order valence-corrected chi connectivity index (χ4v) is 4.65. The zero-order chi connectivity index (χ0) is 19.2. The predicted molar refractivity (Wildman–Crippen MR) is 90.7 cm³/mol. The minimum atomic E-state index is -4.78. The molecule has 0 saturated heterocycles. The van der Waals surface area contributed by atoms with E-state index in [0.29, 0.717) is 6.42 Å². The van der Waals surface area contributed by atoms with Crippen molar-refractivity contribution in [2.24, 2.45) is 12.8 Å². The first-order chi connectivity index (χ1) is 12.1.